The number of benzene rings is 1. The number of rotatable bonds is 6. The molecule has 0 atom stereocenters. The maximum absolute atomic E-state index is 10.4. The minimum Gasteiger partial charge on any atom is -0.481 e. The summed E-state index contributed by atoms with van der Waals surface area (Å²) in [4.78, 5) is 12.3. The van der Waals surface area contributed by atoms with E-state index in [1.165, 1.54) is 11.8 Å². The lowest BCUT2D eigenvalue weighted by Gasteiger charge is -2.07. The number of nitrogens with zero attached hydrogens (tertiary/aromatic N) is 1. The van der Waals surface area contributed by atoms with Crippen molar-refractivity contribution in [1.29, 1.82) is 5.26 Å². The molecule has 0 heterocycles. The van der Waals surface area contributed by atoms with Gasteiger partial charge in [-0.25, -0.2) is 0 Å². The summed E-state index contributed by atoms with van der Waals surface area (Å²) < 4.78 is 0. The molecule has 90 valence electrons. The van der Waals surface area contributed by atoms with Crippen molar-refractivity contribution in [2.75, 3.05) is 11.5 Å². The van der Waals surface area contributed by atoms with Gasteiger partial charge in [-0.3, -0.25) is 4.79 Å². The monoisotopic (exact) mass is 267 g/mol. The number of aliphatic carboxylic acids is 1. The van der Waals surface area contributed by atoms with Gasteiger partial charge in [0.1, 0.15) is 6.07 Å². The number of carboxylic acid groups (broad SMARTS) is 1. The van der Waals surface area contributed by atoms with Gasteiger partial charge in [-0.1, -0.05) is 13.0 Å². The summed E-state index contributed by atoms with van der Waals surface area (Å²) in [6.45, 7) is 2.04. The topological polar surface area (TPSA) is 61.1 Å². The first kappa shape index (κ1) is 13.9. The molecule has 1 N–H and O–H groups in total. The lowest BCUT2D eigenvalue weighted by Crippen LogP contribution is -1.96. The molecule has 1 aromatic carbocycles. The highest BCUT2D eigenvalue weighted by Gasteiger charge is 2.09. The lowest BCUT2D eigenvalue weighted by molar-refractivity contribution is -0.136. The zero-order valence-electron chi connectivity index (χ0n) is 9.47. The van der Waals surface area contributed by atoms with Crippen molar-refractivity contribution in [2.45, 2.75) is 23.1 Å². The summed E-state index contributed by atoms with van der Waals surface area (Å²) in [6.07, 6.45) is 0.112. The van der Waals surface area contributed by atoms with Gasteiger partial charge in [0.15, 0.2) is 0 Å². The van der Waals surface area contributed by atoms with Crippen LogP contribution in [0.3, 0.4) is 0 Å². The molecule has 17 heavy (non-hydrogen) atoms. The van der Waals surface area contributed by atoms with E-state index in [1.54, 1.807) is 11.8 Å². The Morgan fingerprint density at radius 3 is 2.59 bits per heavy atom. The third-order valence-corrected chi connectivity index (χ3v) is 3.97. The van der Waals surface area contributed by atoms with Gasteiger partial charge in [-0.2, -0.15) is 5.26 Å². The van der Waals surface area contributed by atoms with Crippen molar-refractivity contribution in [1.82, 2.24) is 0 Å². The van der Waals surface area contributed by atoms with Crippen LogP contribution in [-0.2, 0) is 4.79 Å². The molecule has 0 spiro atoms. The number of carbonyl (C=O) groups is 1. The number of hydrogen-bond acceptors (Lipinski definition) is 4. The first-order valence-corrected chi connectivity index (χ1v) is 7.16. The molecule has 0 aliphatic carbocycles. The van der Waals surface area contributed by atoms with Crippen molar-refractivity contribution in [2.24, 2.45) is 0 Å². The highest BCUT2D eigenvalue weighted by Crippen LogP contribution is 2.30. The molecule has 3 nitrogen and oxygen atoms in total. The molecule has 0 saturated heterocycles. The Balaban J connectivity index is 2.81. The normalized spacial score (nSPS) is 9.88. The Morgan fingerprint density at radius 1 is 1.41 bits per heavy atom. The van der Waals surface area contributed by atoms with E-state index in [4.69, 9.17) is 10.4 Å². The highest BCUT2D eigenvalue weighted by molar-refractivity contribution is 8.00. The summed E-state index contributed by atoms with van der Waals surface area (Å²) in [5.41, 5.74) is 0.662. The molecule has 5 heteroatoms. The standard InChI is InChI=1S/C12H13NO2S2/c1-2-16-10-4-3-5-11(9(10)8-13)17-7-6-12(14)15/h3-5H,2,6-7H2,1H3,(H,14,15). The molecule has 0 aromatic heterocycles. The zero-order chi connectivity index (χ0) is 12.7. The van der Waals surface area contributed by atoms with Crippen LogP contribution in [0.4, 0.5) is 0 Å². The van der Waals surface area contributed by atoms with E-state index in [0.717, 1.165) is 15.5 Å². The molecule has 1 rings (SSSR count). The van der Waals surface area contributed by atoms with Crippen LogP contribution in [0.25, 0.3) is 0 Å². The summed E-state index contributed by atoms with van der Waals surface area (Å²) in [6, 6.07) is 7.89. The maximum atomic E-state index is 10.4. The van der Waals surface area contributed by atoms with Crippen molar-refractivity contribution in [3.05, 3.63) is 23.8 Å². The predicted octanol–water partition coefficient (Wildman–Crippen LogP) is 3.24. The molecular formula is C12H13NO2S2. The summed E-state index contributed by atoms with van der Waals surface area (Å²) in [7, 11) is 0. The molecule has 0 aliphatic heterocycles. The number of thioether (sulfide) groups is 2. The van der Waals surface area contributed by atoms with E-state index >= 15 is 0 Å². The van der Waals surface area contributed by atoms with Gasteiger partial charge in [-0.15, -0.1) is 23.5 Å². The number of nitriles is 1. The van der Waals surface area contributed by atoms with Crippen molar-refractivity contribution in [3.8, 4) is 6.07 Å². The second-order valence-corrected chi connectivity index (χ2v) is 5.61. The zero-order valence-corrected chi connectivity index (χ0v) is 11.1. The summed E-state index contributed by atoms with van der Waals surface area (Å²) in [5, 5.41) is 17.7. The van der Waals surface area contributed by atoms with Crippen molar-refractivity contribution >= 4 is 29.5 Å². The van der Waals surface area contributed by atoms with E-state index in [1.807, 2.05) is 25.1 Å². The smallest absolute Gasteiger partial charge is 0.304 e. The quantitative estimate of drug-likeness (QED) is 0.802. The summed E-state index contributed by atoms with van der Waals surface area (Å²) in [5.74, 6) is 0.595. The molecule has 0 fully saturated rings. The van der Waals surface area contributed by atoms with Crippen LogP contribution in [0.5, 0.6) is 0 Å². The average Bonchev–Trinajstić information content (AvgIpc) is 2.29. The molecule has 0 saturated carbocycles. The highest BCUT2D eigenvalue weighted by atomic mass is 32.2. The van der Waals surface area contributed by atoms with Gasteiger partial charge in [-0.05, 0) is 17.9 Å². The molecule has 0 bridgehead atoms. The largest absolute Gasteiger partial charge is 0.481 e. The van der Waals surface area contributed by atoms with Gasteiger partial charge < -0.3 is 5.11 Å². The van der Waals surface area contributed by atoms with Crippen LogP contribution in [-0.4, -0.2) is 22.6 Å². The van der Waals surface area contributed by atoms with Crippen LogP contribution in [0.1, 0.15) is 18.9 Å². The van der Waals surface area contributed by atoms with Gasteiger partial charge in [0.25, 0.3) is 0 Å². The van der Waals surface area contributed by atoms with E-state index in [9.17, 15) is 4.79 Å². The Kier molecular flexibility index (Phi) is 5.95. The fourth-order valence-corrected chi connectivity index (χ4v) is 3.09. The molecule has 0 unspecified atom stereocenters. The van der Waals surface area contributed by atoms with Crippen LogP contribution < -0.4 is 0 Å². The van der Waals surface area contributed by atoms with Crippen molar-refractivity contribution in [3.63, 3.8) is 0 Å². The van der Waals surface area contributed by atoms with Crippen LogP contribution in [0.2, 0.25) is 0 Å². The molecule has 0 amide bonds. The minimum atomic E-state index is -0.810. The second kappa shape index (κ2) is 7.25. The minimum absolute atomic E-state index is 0.112. The Bertz CT molecular complexity index is 441. The fourth-order valence-electron chi connectivity index (χ4n) is 1.27. The Labute approximate surface area is 109 Å². The van der Waals surface area contributed by atoms with E-state index in [-0.39, 0.29) is 6.42 Å². The second-order valence-electron chi connectivity index (χ2n) is 3.17. The third kappa shape index (κ3) is 4.33. The molecule has 0 radical (unpaired) electrons. The van der Waals surface area contributed by atoms with Gasteiger partial charge >= 0.3 is 5.97 Å². The third-order valence-electron chi connectivity index (χ3n) is 1.97. The predicted molar refractivity (Wildman–Crippen MR) is 70.5 cm³/mol. The van der Waals surface area contributed by atoms with Crippen LogP contribution >= 0.6 is 23.5 Å². The first-order chi connectivity index (χ1) is 8.19. The van der Waals surface area contributed by atoms with Crippen molar-refractivity contribution < 1.29 is 9.90 Å². The van der Waals surface area contributed by atoms with Gasteiger partial charge in [0.05, 0.1) is 12.0 Å². The van der Waals surface area contributed by atoms with E-state index in [2.05, 4.69) is 6.07 Å². The van der Waals surface area contributed by atoms with Gasteiger partial charge in [0, 0.05) is 15.5 Å². The van der Waals surface area contributed by atoms with E-state index in [0.29, 0.717) is 11.3 Å². The fraction of sp³-hybridized carbons (Fsp3) is 0.333. The Morgan fingerprint density at radius 2 is 2.06 bits per heavy atom. The SMILES string of the molecule is CCSc1cccc(SCCC(=O)O)c1C#N. The summed E-state index contributed by atoms with van der Waals surface area (Å²) >= 11 is 3.05. The molecule has 0 aliphatic rings. The Hall–Kier alpha value is -1.12. The van der Waals surface area contributed by atoms with E-state index < -0.39 is 5.97 Å². The number of carboxylic acids is 1. The first-order valence-electron chi connectivity index (χ1n) is 5.19. The number of hydrogen-bond donors (Lipinski definition) is 1. The maximum Gasteiger partial charge on any atom is 0.304 e. The van der Waals surface area contributed by atoms with Crippen LogP contribution in [0, 0.1) is 11.3 Å². The molecule has 1 aromatic rings. The molecular weight excluding hydrogens is 254 g/mol. The van der Waals surface area contributed by atoms with Gasteiger partial charge in [0.2, 0.25) is 0 Å². The lowest BCUT2D eigenvalue weighted by atomic mass is 10.2. The average molecular weight is 267 g/mol. The van der Waals surface area contributed by atoms with Crippen LogP contribution in [0.15, 0.2) is 28.0 Å².